The van der Waals surface area contributed by atoms with Gasteiger partial charge in [0.25, 0.3) is 5.91 Å². The monoisotopic (exact) mass is 472 g/mol. The van der Waals surface area contributed by atoms with Gasteiger partial charge in [-0.15, -0.1) is 0 Å². The molecule has 0 radical (unpaired) electrons. The molecule has 2 aromatic rings. The smallest absolute Gasteiger partial charge is 0.262 e. The molecule has 0 unspecified atom stereocenters. The third-order valence-corrected chi connectivity index (χ3v) is 6.38. The number of sulfone groups is 1. The van der Waals surface area contributed by atoms with Crippen LogP contribution in [0, 0.1) is 0 Å². The molecule has 0 saturated carbocycles. The second-order valence-corrected chi connectivity index (χ2v) is 9.14. The first kappa shape index (κ1) is 19.7. The van der Waals surface area contributed by atoms with Gasteiger partial charge in [0.2, 0.25) is 5.91 Å². The number of carbonyl (C=O) groups is 2. The lowest BCUT2D eigenvalue weighted by atomic mass is 10.2. The topological polar surface area (TPSA) is 102 Å². The highest BCUT2D eigenvalue weighted by Gasteiger charge is 2.25. The molecule has 1 aliphatic heterocycles. The summed E-state index contributed by atoms with van der Waals surface area (Å²) < 4.78 is 31.2. The molecule has 10 heteroatoms. The molecule has 27 heavy (non-hydrogen) atoms. The molecule has 0 spiro atoms. The molecular weight excluding hydrogens is 460 g/mol. The SMILES string of the molecule is O=C(CCS(=O)(=O)c1cc2c(cc1Cl)NC(=O)CO2)Nc1cccc(Br)c1. The molecule has 0 atom stereocenters. The lowest BCUT2D eigenvalue weighted by molar-refractivity contribution is -0.118. The number of hydrogen-bond acceptors (Lipinski definition) is 5. The highest BCUT2D eigenvalue weighted by Crippen LogP contribution is 2.36. The standard InChI is InChI=1S/C17H14BrClN2O5S/c18-10-2-1-3-11(6-10)20-16(22)4-5-27(24,25)15-8-14-13(7-12(15)19)21-17(23)9-26-14/h1-3,6-8H,4-5,9H2,(H,20,22)(H,21,23). The van der Waals surface area contributed by atoms with Crippen LogP contribution in [0.2, 0.25) is 5.02 Å². The van der Waals surface area contributed by atoms with Crippen molar-refractivity contribution in [1.29, 1.82) is 0 Å². The zero-order valence-electron chi connectivity index (χ0n) is 13.8. The summed E-state index contributed by atoms with van der Waals surface area (Å²) >= 11 is 9.36. The third-order valence-electron chi connectivity index (χ3n) is 3.71. The van der Waals surface area contributed by atoms with Crippen LogP contribution in [0.25, 0.3) is 0 Å². The third kappa shape index (κ3) is 4.79. The predicted molar refractivity (Wildman–Crippen MR) is 105 cm³/mol. The number of amides is 2. The Morgan fingerprint density at radius 3 is 2.81 bits per heavy atom. The van der Waals surface area contributed by atoms with Crippen molar-refractivity contribution in [3.05, 3.63) is 45.9 Å². The highest BCUT2D eigenvalue weighted by atomic mass is 79.9. The summed E-state index contributed by atoms with van der Waals surface area (Å²) in [5.74, 6) is -0.985. The van der Waals surface area contributed by atoms with Crippen LogP contribution in [0.3, 0.4) is 0 Å². The molecule has 0 fully saturated rings. The second kappa shape index (κ2) is 7.87. The van der Waals surface area contributed by atoms with Gasteiger partial charge in [-0.05, 0) is 24.3 Å². The average molecular weight is 474 g/mol. The van der Waals surface area contributed by atoms with Gasteiger partial charge in [0.1, 0.15) is 5.75 Å². The second-order valence-electron chi connectivity index (χ2n) is 5.74. The van der Waals surface area contributed by atoms with Crippen molar-refractivity contribution < 1.29 is 22.7 Å². The van der Waals surface area contributed by atoms with E-state index in [-0.39, 0.29) is 34.6 Å². The number of fused-ring (bicyclic) bond motifs is 1. The van der Waals surface area contributed by atoms with Crippen LogP contribution in [0.1, 0.15) is 6.42 Å². The van der Waals surface area contributed by atoms with Crippen LogP contribution in [0.5, 0.6) is 5.75 Å². The zero-order chi connectivity index (χ0) is 19.6. The van der Waals surface area contributed by atoms with Crippen molar-refractivity contribution in [1.82, 2.24) is 0 Å². The molecule has 1 heterocycles. The Labute approximate surface area is 169 Å². The van der Waals surface area contributed by atoms with E-state index in [9.17, 15) is 18.0 Å². The molecule has 2 amide bonds. The average Bonchev–Trinajstić information content (AvgIpc) is 2.59. The summed E-state index contributed by atoms with van der Waals surface area (Å²) in [4.78, 5) is 23.2. The highest BCUT2D eigenvalue weighted by molar-refractivity contribution is 9.10. The molecule has 0 bridgehead atoms. The van der Waals surface area contributed by atoms with Crippen LogP contribution in [0.15, 0.2) is 45.8 Å². The molecular formula is C17H14BrClN2O5S. The van der Waals surface area contributed by atoms with Crippen molar-refractivity contribution >= 4 is 60.6 Å². The number of anilines is 2. The van der Waals surface area contributed by atoms with E-state index in [4.69, 9.17) is 16.3 Å². The summed E-state index contributed by atoms with van der Waals surface area (Å²) in [6, 6.07) is 9.55. The Kier molecular flexibility index (Phi) is 5.73. The fraction of sp³-hybridized carbons (Fsp3) is 0.176. The molecule has 142 valence electrons. The molecule has 7 nitrogen and oxygen atoms in total. The van der Waals surface area contributed by atoms with E-state index in [0.717, 1.165) is 4.47 Å². The Morgan fingerprint density at radius 2 is 2.07 bits per heavy atom. The minimum atomic E-state index is -3.83. The van der Waals surface area contributed by atoms with Gasteiger partial charge in [0, 0.05) is 22.6 Å². The maximum Gasteiger partial charge on any atom is 0.262 e. The Hall–Kier alpha value is -2.10. The van der Waals surface area contributed by atoms with Crippen molar-refractivity contribution in [3.8, 4) is 5.75 Å². The van der Waals surface area contributed by atoms with Crippen LogP contribution in [0.4, 0.5) is 11.4 Å². The zero-order valence-corrected chi connectivity index (χ0v) is 16.9. The number of nitrogens with one attached hydrogen (secondary N) is 2. The number of benzene rings is 2. The number of rotatable bonds is 5. The summed E-state index contributed by atoms with van der Waals surface area (Å²) in [7, 11) is -3.83. The summed E-state index contributed by atoms with van der Waals surface area (Å²) in [5.41, 5.74) is 0.866. The molecule has 1 aliphatic rings. The molecule has 0 aromatic heterocycles. The van der Waals surface area contributed by atoms with Gasteiger partial charge in [-0.3, -0.25) is 9.59 Å². The normalized spacial score (nSPS) is 13.3. The Bertz CT molecular complexity index is 1030. The van der Waals surface area contributed by atoms with E-state index >= 15 is 0 Å². The van der Waals surface area contributed by atoms with Gasteiger partial charge in [0.15, 0.2) is 16.4 Å². The first-order valence-corrected chi connectivity index (χ1v) is 10.6. The number of carbonyl (C=O) groups excluding carboxylic acids is 2. The Morgan fingerprint density at radius 1 is 1.30 bits per heavy atom. The van der Waals surface area contributed by atoms with Gasteiger partial charge >= 0.3 is 0 Å². The maximum atomic E-state index is 12.6. The van der Waals surface area contributed by atoms with Gasteiger partial charge in [-0.1, -0.05) is 33.6 Å². The van der Waals surface area contributed by atoms with Crippen molar-refractivity contribution in [2.75, 3.05) is 23.0 Å². The van der Waals surface area contributed by atoms with Gasteiger partial charge in [0.05, 0.1) is 21.4 Å². The molecule has 0 aliphatic carbocycles. The van der Waals surface area contributed by atoms with E-state index in [1.54, 1.807) is 18.2 Å². The molecule has 3 rings (SSSR count). The van der Waals surface area contributed by atoms with Gasteiger partial charge in [-0.2, -0.15) is 0 Å². The number of halogens is 2. The summed E-state index contributed by atoms with van der Waals surface area (Å²) in [6.07, 6.45) is -0.236. The minimum absolute atomic E-state index is 0.0491. The van der Waals surface area contributed by atoms with Crippen molar-refractivity contribution in [3.63, 3.8) is 0 Å². The van der Waals surface area contributed by atoms with Crippen LogP contribution >= 0.6 is 27.5 Å². The molecule has 0 saturated heterocycles. The van der Waals surface area contributed by atoms with Crippen LogP contribution < -0.4 is 15.4 Å². The van der Waals surface area contributed by atoms with E-state index in [0.29, 0.717) is 11.4 Å². The van der Waals surface area contributed by atoms with E-state index in [2.05, 4.69) is 26.6 Å². The van der Waals surface area contributed by atoms with Gasteiger partial charge < -0.3 is 15.4 Å². The fourth-order valence-electron chi connectivity index (χ4n) is 2.45. The lowest BCUT2D eigenvalue weighted by Crippen LogP contribution is -2.25. The largest absolute Gasteiger partial charge is 0.482 e. The first-order valence-electron chi connectivity index (χ1n) is 7.79. The maximum absolute atomic E-state index is 12.6. The van der Waals surface area contributed by atoms with E-state index in [1.165, 1.54) is 12.1 Å². The summed E-state index contributed by atoms with van der Waals surface area (Å²) in [6.45, 7) is -0.205. The van der Waals surface area contributed by atoms with Crippen LogP contribution in [-0.2, 0) is 19.4 Å². The quantitative estimate of drug-likeness (QED) is 0.694. The lowest BCUT2D eigenvalue weighted by Gasteiger charge is -2.19. The van der Waals surface area contributed by atoms with Crippen LogP contribution in [-0.4, -0.2) is 32.6 Å². The predicted octanol–water partition coefficient (Wildman–Crippen LogP) is 3.24. The molecule has 2 aromatic carbocycles. The summed E-state index contributed by atoms with van der Waals surface area (Å²) in [5, 5.41) is 5.14. The van der Waals surface area contributed by atoms with Gasteiger partial charge in [-0.25, -0.2) is 8.42 Å². The first-order chi connectivity index (χ1) is 12.7. The molecule has 2 N–H and O–H groups in total. The van der Waals surface area contributed by atoms with Crippen molar-refractivity contribution in [2.24, 2.45) is 0 Å². The minimum Gasteiger partial charge on any atom is -0.482 e. The number of hydrogen-bond donors (Lipinski definition) is 2. The van der Waals surface area contributed by atoms with E-state index in [1.807, 2.05) is 6.07 Å². The number of ether oxygens (including phenoxy) is 1. The Balaban J connectivity index is 1.71. The van der Waals surface area contributed by atoms with Crippen molar-refractivity contribution in [2.45, 2.75) is 11.3 Å². The fourth-order valence-corrected chi connectivity index (χ4v) is 4.68. The van der Waals surface area contributed by atoms with E-state index < -0.39 is 21.5 Å².